The summed E-state index contributed by atoms with van der Waals surface area (Å²) in [5.74, 6) is -0.230. The predicted molar refractivity (Wildman–Crippen MR) is 84.5 cm³/mol. The first kappa shape index (κ1) is 16.2. The van der Waals surface area contributed by atoms with Gasteiger partial charge in [0.1, 0.15) is 5.75 Å². The van der Waals surface area contributed by atoms with E-state index in [1.54, 1.807) is 24.3 Å². The number of alkyl halides is 3. The van der Waals surface area contributed by atoms with Crippen molar-refractivity contribution in [2.24, 2.45) is 0 Å². The Hall–Kier alpha value is -2.70. The third-order valence-corrected chi connectivity index (χ3v) is 3.87. The summed E-state index contributed by atoms with van der Waals surface area (Å²) >= 11 is 0. The number of hydrogen-bond acceptors (Lipinski definition) is 2. The third kappa shape index (κ3) is 3.02. The molecule has 0 saturated heterocycles. The first-order valence-electron chi connectivity index (χ1n) is 7.32. The Labute approximate surface area is 136 Å². The van der Waals surface area contributed by atoms with Gasteiger partial charge in [-0.25, -0.2) is 4.79 Å². The van der Waals surface area contributed by atoms with Crippen LogP contribution in [0.4, 0.5) is 29.3 Å². The Bertz CT molecular complexity index is 760. The number of methoxy groups -OCH3 is 1. The van der Waals surface area contributed by atoms with Gasteiger partial charge in [0.25, 0.3) is 0 Å². The van der Waals surface area contributed by atoms with Gasteiger partial charge in [-0.3, -0.25) is 4.90 Å². The van der Waals surface area contributed by atoms with Gasteiger partial charge in [-0.05, 0) is 36.2 Å². The van der Waals surface area contributed by atoms with E-state index in [2.05, 4.69) is 5.32 Å². The minimum Gasteiger partial charge on any atom is -0.496 e. The number of ether oxygens (including phenoxy) is 1. The van der Waals surface area contributed by atoms with Gasteiger partial charge in [-0.15, -0.1) is 0 Å². The van der Waals surface area contributed by atoms with Crippen LogP contribution in [0.5, 0.6) is 5.75 Å². The van der Waals surface area contributed by atoms with Crippen LogP contribution in [0.25, 0.3) is 0 Å². The number of nitrogens with zero attached hydrogens (tertiary/aromatic N) is 1. The first-order valence-corrected chi connectivity index (χ1v) is 7.32. The number of anilines is 2. The highest BCUT2D eigenvalue weighted by molar-refractivity contribution is 6.03. The Morgan fingerprint density at radius 2 is 1.92 bits per heavy atom. The summed E-state index contributed by atoms with van der Waals surface area (Å²) in [7, 11) is 1.20. The molecule has 0 radical (unpaired) electrons. The topological polar surface area (TPSA) is 41.6 Å². The van der Waals surface area contributed by atoms with Gasteiger partial charge in [0.15, 0.2) is 0 Å². The van der Waals surface area contributed by atoms with Gasteiger partial charge in [0.05, 0.1) is 12.7 Å². The van der Waals surface area contributed by atoms with Crippen LogP contribution in [0.3, 0.4) is 0 Å². The summed E-state index contributed by atoms with van der Waals surface area (Å²) in [6.07, 6.45) is -4.07. The average molecular weight is 336 g/mol. The van der Waals surface area contributed by atoms with E-state index in [1.165, 1.54) is 18.1 Å². The van der Waals surface area contributed by atoms with Crippen molar-refractivity contribution in [1.82, 2.24) is 0 Å². The van der Waals surface area contributed by atoms with Crippen molar-refractivity contribution in [3.05, 3.63) is 53.6 Å². The summed E-state index contributed by atoms with van der Waals surface area (Å²) in [4.78, 5) is 13.7. The summed E-state index contributed by atoms with van der Waals surface area (Å²) in [6, 6.07) is 10.6. The Morgan fingerprint density at radius 1 is 1.21 bits per heavy atom. The lowest BCUT2D eigenvalue weighted by Gasteiger charge is -2.20. The molecule has 1 aliphatic rings. The molecule has 0 atom stereocenters. The molecule has 2 aromatic rings. The quantitative estimate of drug-likeness (QED) is 0.888. The fourth-order valence-corrected chi connectivity index (χ4v) is 2.73. The zero-order chi connectivity index (χ0) is 17.3. The average Bonchev–Trinajstić information content (AvgIpc) is 2.96. The van der Waals surface area contributed by atoms with E-state index in [0.717, 1.165) is 6.07 Å². The molecule has 0 bridgehead atoms. The lowest BCUT2D eigenvalue weighted by Crippen LogP contribution is -2.33. The Kier molecular flexibility index (Phi) is 4.09. The molecule has 4 nitrogen and oxygen atoms in total. The molecular formula is C17H15F3N2O2. The maximum Gasteiger partial charge on any atom is 0.420 e. The number of carbonyl (C=O) groups excluding carboxylic acids is 1. The molecule has 0 saturated carbocycles. The highest BCUT2D eigenvalue weighted by Crippen LogP contribution is 2.42. The fourth-order valence-electron chi connectivity index (χ4n) is 2.73. The maximum absolute atomic E-state index is 13.2. The van der Waals surface area contributed by atoms with E-state index in [1.807, 2.05) is 6.07 Å². The van der Waals surface area contributed by atoms with Crippen molar-refractivity contribution in [2.75, 3.05) is 23.9 Å². The van der Waals surface area contributed by atoms with E-state index in [4.69, 9.17) is 4.74 Å². The predicted octanol–water partition coefficient (Wildman–Crippen LogP) is 4.31. The second-order valence-electron chi connectivity index (χ2n) is 5.38. The molecular weight excluding hydrogens is 321 g/mol. The van der Waals surface area contributed by atoms with Crippen molar-refractivity contribution < 1.29 is 22.7 Å². The molecule has 0 aliphatic carbocycles. The summed E-state index contributed by atoms with van der Waals surface area (Å²) in [5.41, 5.74) is 0.614. The molecule has 1 aliphatic heterocycles. The van der Waals surface area contributed by atoms with E-state index in [0.29, 0.717) is 24.2 Å². The molecule has 0 aromatic heterocycles. The smallest absolute Gasteiger partial charge is 0.420 e. The fraction of sp³-hybridized carbons (Fsp3) is 0.235. The maximum atomic E-state index is 13.2. The number of rotatable bonds is 2. The number of fused-ring (bicyclic) bond motifs is 1. The van der Waals surface area contributed by atoms with Crippen molar-refractivity contribution in [2.45, 2.75) is 12.6 Å². The Morgan fingerprint density at radius 3 is 2.54 bits per heavy atom. The van der Waals surface area contributed by atoms with Gasteiger partial charge in [0.2, 0.25) is 0 Å². The second kappa shape index (κ2) is 6.07. The number of amides is 2. The molecule has 24 heavy (non-hydrogen) atoms. The van der Waals surface area contributed by atoms with Crippen LogP contribution in [0, 0.1) is 0 Å². The van der Waals surface area contributed by atoms with Crippen molar-refractivity contribution in [1.29, 1.82) is 0 Å². The van der Waals surface area contributed by atoms with E-state index in [9.17, 15) is 18.0 Å². The lowest BCUT2D eigenvalue weighted by molar-refractivity contribution is -0.138. The Balaban J connectivity index is 1.92. The summed E-state index contributed by atoms with van der Waals surface area (Å²) < 4.78 is 44.4. The van der Waals surface area contributed by atoms with Crippen LogP contribution in [0.1, 0.15) is 11.1 Å². The van der Waals surface area contributed by atoms with Crippen LogP contribution in [0.2, 0.25) is 0 Å². The lowest BCUT2D eigenvalue weighted by atomic mass is 10.1. The number of urea groups is 1. The minimum absolute atomic E-state index is 0.230. The number of nitrogens with one attached hydrogen (secondary N) is 1. The van der Waals surface area contributed by atoms with E-state index in [-0.39, 0.29) is 11.4 Å². The van der Waals surface area contributed by atoms with Gasteiger partial charge in [-0.1, -0.05) is 18.2 Å². The number of hydrogen-bond donors (Lipinski definition) is 1. The summed E-state index contributed by atoms with van der Waals surface area (Å²) in [6.45, 7) is 0.318. The molecule has 0 fully saturated rings. The van der Waals surface area contributed by atoms with Crippen LogP contribution in [0.15, 0.2) is 42.5 Å². The second-order valence-corrected chi connectivity index (χ2v) is 5.38. The normalized spacial score (nSPS) is 13.6. The molecule has 2 aromatic carbocycles. The zero-order valence-electron chi connectivity index (χ0n) is 12.9. The van der Waals surface area contributed by atoms with Gasteiger partial charge < -0.3 is 10.1 Å². The molecule has 3 rings (SSSR count). The monoisotopic (exact) mass is 336 g/mol. The van der Waals surface area contributed by atoms with Crippen LogP contribution < -0.4 is 15.0 Å². The van der Waals surface area contributed by atoms with Crippen molar-refractivity contribution in [3.63, 3.8) is 0 Å². The molecule has 126 valence electrons. The minimum atomic E-state index is -4.55. The number of halogens is 3. The SMILES string of the molecule is COc1cc2c(cc1C(F)(F)F)N(C(=O)Nc1ccccc1)CC2. The van der Waals surface area contributed by atoms with Gasteiger partial charge >= 0.3 is 12.2 Å². The highest BCUT2D eigenvalue weighted by Gasteiger charge is 2.37. The van der Waals surface area contributed by atoms with E-state index >= 15 is 0 Å². The van der Waals surface area contributed by atoms with E-state index < -0.39 is 17.8 Å². The van der Waals surface area contributed by atoms with Crippen LogP contribution in [-0.4, -0.2) is 19.7 Å². The molecule has 0 unspecified atom stereocenters. The number of carbonyl (C=O) groups is 1. The standard InChI is InChI=1S/C17H15F3N2O2/c1-24-15-9-11-7-8-22(14(11)10-13(15)17(18,19)20)16(23)21-12-5-3-2-4-6-12/h2-6,9-10H,7-8H2,1H3,(H,21,23). The third-order valence-electron chi connectivity index (χ3n) is 3.87. The van der Waals surface area contributed by atoms with Gasteiger partial charge in [0, 0.05) is 17.9 Å². The summed E-state index contributed by atoms with van der Waals surface area (Å²) in [5, 5.41) is 2.69. The number of benzene rings is 2. The molecule has 1 N–H and O–H groups in total. The molecule has 2 amide bonds. The van der Waals surface area contributed by atoms with Crippen molar-refractivity contribution in [3.8, 4) is 5.75 Å². The largest absolute Gasteiger partial charge is 0.496 e. The highest BCUT2D eigenvalue weighted by atomic mass is 19.4. The first-order chi connectivity index (χ1) is 11.4. The van der Waals surface area contributed by atoms with Crippen molar-refractivity contribution >= 4 is 17.4 Å². The van der Waals surface area contributed by atoms with Gasteiger partial charge in [-0.2, -0.15) is 13.2 Å². The molecule has 7 heteroatoms. The molecule has 0 spiro atoms. The number of para-hydroxylation sites is 1. The zero-order valence-corrected chi connectivity index (χ0v) is 12.9. The molecule has 1 heterocycles. The van der Waals surface area contributed by atoms with Crippen LogP contribution >= 0.6 is 0 Å². The van der Waals surface area contributed by atoms with Crippen LogP contribution in [-0.2, 0) is 12.6 Å².